The van der Waals surface area contributed by atoms with Gasteiger partial charge in [-0.15, -0.1) is 0 Å². The lowest BCUT2D eigenvalue weighted by molar-refractivity contribution is -0.119. The summed E-state index contributed by atoms with van der Waals surface area (Å²) in [5, 5.41) is 5.95. The zero-order chi connectivity index (χ0) is 11.5. The normalized spacial score (nSPS) is 20.1. The second-order valence-corrected chi connectivity index (χ2v) is 3.89. The fourth-order valence-corrected chi connectivity index (χ4v) is 2.02. The molecule has 1 heterocycles. The standard InChI is InChI=1S/C13H16N2O/c1-3-11-12(4-2)14-15(13(11)16)10-8-6-5-7-9-10/h5-9,11H,3-4H2,1-2H3. The third kappa shape index (κ3) is 1.73. The molecular formula is C13H16N2O. The molecule has 1 aliphatic rings. The van der Waals surface area contributed by atoms with Crippen LogP contribution in [0.4, 0.5) is 5.69 Å². The van der Waals surface area contributed by atoms with Crippen molar-refractivity contribution in [1.82, 2.24) is 0 Å². The van der Waals surface area contributed by atoms with Gasteiger partial charge in [-0.2, -0.15) is 5.10 Å². The number of anilines is 1. The quantitative estimate of drug-likeness (QED) is 0.764. The average molecular weight is 216 g/mol. The number of para-hydroxylation sites is 1. The lowest BCUT2D eigenvalue weighted by Crippen LogP contribution is -2.26. The van der Waals surface area contributed by atoms with Gasteiger partial charge in [0, 0.05) is 0 Å². The maximum absolute atomic E-state index is 12.1. The molecular weight excluding hydrogens is 200 g/mol. The minimum atomic E-state index is -0.0230. The highest BCUT2D eigenvalue weighted by atomic mass is 16.2. The van der Waals surface area contributed by atoms with Crippen LogP contribution in [0.1, 0.15) is 26.7 Å². The van der Waals surface area contributed by atoms with Crippen LogP contribution in [-0.2, 0) is 4.79 Å². The Hall–Kier alpha value is -1.64. The largest absolute Gasteiger partial charge is 0.272 e. The van der Waals surface area contributed by atoms with E-state index in [2.05, 4.69) is 5.10 Å². The van der Waals surface area contributed by atoms with Crippen LogP contribution in [0, 0.1) is 5.92 Å². The lowest BCUT2D eigenvalue weighted by atomic mass is 9.99. The molecule has 0 radical (unpaired) electrons. The molecule has 1 atom stereocenters. The molecule has 0 aromatic heterocycles. The number of rotatable bonds is 3. The van der Waals surface area contributed by atoms with Crippen molar-refractivity contribution in [2.75, 3.05) is 5.01 Å². The first-order valence-electron chi connectivity index (χ1n) is 5.74. The molecule has 1 aromatic rings. The van der Waals surface area contributed by atoms with Crippen LogP contribution in [0.2, 0.25) is 0 Å². The maximum Gasteiger partial charge on any atom is 0.256 e. The Balaban J connectivity index is 2.32. The van der Waals surface area contributed by atoms with Crippen LogP contribution in [-0.4, -0.2) is 11.6 Å². The number of carbonyl (C=O) groups is 1. The van der Waals surface area contributed by atoms with Crippen LogP contribution in [0.5, 0.6) is 0 Å². The lowest BCUT2D eigenvalue weighted by Gasteiger charge is -2.13. The van der Waals surface area contributed by atoms with Crippen molar-refractivity contribution in [3.63, 3.8) is 0 Å². The third-order valence-corrected chi connectivity index (χ3v) is 2.91. The van der Waals surface area contributed by atoms with Crippen molar-refractivity contribution < 1.29 is 4.79 Å². The summed E-state index contributed by atoms with van der Waals surface area (Å²) < 4.78 is 0. The fraction of sp³-hybridized carbons (Fsp3) is 0.385. The molecule has 1 aliphatic heterocycles. The van der Waals surface area contributed by atoms with Gasteiger partial charge in [-0.05, 0) is 25.0 Å². The van der Waals surface area contributed by atoms with Crippen LogP contribution in [0.3, 0.4) is 0 Å². The Kier molecular flexibility index (Phi) is 3.04. The van der Waals surface area contributed by atoms with Gasteiger partial charge in [0.25, 0.3) is 5.91 Å². The van der Waals surface area contributed by atoms with Gasteiger partial charge >= 0.3 is 0 Å². The number of hydrazone groups is 1. The topological polar surface area (TPSA) is 32.7 Å². The molecule has 0 saturated heterocycles. The molecule has 3 heteroatoms. The summed E-state index contributed by atoms with van der Waals surface area (Å²) in [4.78, 5) is 12.1. The number of hydrogen-bond donors (Lipinski definition) is 0. The van der Waals surface area contributed by atoms with Gasteiger partial charge < -0.3 is 0 Å². The second kappa shape index (κ2) is 4.47. The molecule has 0 fully saturated rings. The van der Waals surface area contributed by atoms with E-state index < -0.39 is 0 Å². The van der Waals surface area contributed by atoms with Gasteiger partial charge in [0.1, 0.15) is 0 Å². The second-order valence-electron chi connectivity index (χ2n) is 3.89. The molecule has 0 saturated carbocycles. The summed E-state index contributed by atoms with van der Waals surface area (Å²) in [6.45, 7) is 4.07. The van der Waals surface area contributed by atoms with Gasteiger partial charge in [-0.3, -0.25) is 4.79 Å². The highest BCUT2D eigenvalue weighted by Gasteiger charge is 2.33. The van der Waals surface area contributed by atoms with Gasteiger partial charge in [-0.1, -0.05) is 32.0 Å². The van der Waals surface area contributed by atoms with E-state index in [0.717, 1.165) is 24.2 Å². The summed E-state index contributed by atoms with van der Waals surface area (Å²) in [6.07, 6.45) is 1.67. The van der Waals surface area contributed by atoms with Crippen LogP contribution in [0.15, 0.2) is 35.4 Å². The average Bonchev–Trinajstić information content (AvgIpc) is 2.66. The number of amides is 1. The summed E-state index contributed by atoms with van der Waals surface area (Å²) in [5.74, 6) is 0.0794. The minimum Gasteiger partial charge on any atom is -0.272 e. The molecule has 0 aliphatic carbocycles. The van der Waals surface area contributed by atoms with Crippen molar-refractivity contribution >= 4 is 17.3 Å². The predicted octanol–water partition coefficient (Wildman–Crippen LogP) is 2.83. The molecule has 0 N–H and O–H groups in total. The Bertz CT molecular complexity index is 411. The Morgan fingerprint density at radius 3 is 2.44 bits per heavy atom. The van der Waals surface area contributed by atoms with Crippen molar-refractivity contribution in [2.45, 2.75) is 26.7 Å². The van der Waals surface area contributed by atoms with E-state index in [1.807, 2.05) is 44.2 Å². The third-order valence-electron chi connectivity index (χ3n) is 2.91. The maximum atomic E-state index is 12.1. The van der Waals surface area contributed by atoms with Crippen molar-refractivity contribution in [1.29, 1.82) is 0 Å². The Morgan fingerprint density at radius 1 is 1.25 bits per heavy atom. The van der Waals surface area contributed by atoms with E-state index >= 15 is 0 Å². The van der Waals surface area contributed by atoms with Gasteiger partial charge in [-0.25, -0.2) is 5.01 Å². The number of nitrogens with zero attached hydrogens (tertiary/aromatic N) is 2. The molecule has 3 nitrogen and oxygen atoms in total. The van der Waals surface area contributed by atoms with E-state index in [-0.39, 0.29) is 11.8 Å². The first kappa shape index (κ1) is 10.9. The first-order chi connectivity index (χ1) is 7.77. The highest BCUT2D eigenvalue weighted by molar-refractivity contribution is 6.15. The van der Waals surface area contributed by atoms with E-state index in [1.54, 1.807) is 0 Å². The number of hydrogen-bond acceptors (Lipinski definition) is 2. The summed E-state index contributed by atoms with van der Waals surface area (Å²) in [5.41, 5.74) is 1.85. The molecule has 2 rings (SSSR count). The fourth-order valence-electron chi connectivity index (χ4n) is 2.02. The molecule has 1 amide bonds. The van der Waals surface area contributed by atoms with Gasteiger partial charge in [0.15, 0.2) is 0 Å². The highest BCUT2D eigenvalue weighted by Crippen LogP contribution is 2.26. The monoisotopic (exact) mass is 216 g/mol. The smallest absolute Gasteiger partial charge is 0.256 e. The van der Waals surface area contributed by atoms with Gasteiger partial charge in [0.05, 0.1) is 17.3 Å². The SMILES string of the molecule is CCC1=NN(c2ccccc2)C(=O)C1CC. The zero-order valence-corrected chi connectivity index (χ0v) is 9.68. The molecule has 1 aromatic carbocycles. The molecule has 0 spiro atoms. The number of carbonyl (C=O) groups excluding carboxylic acids is 1. The van der Waals surface area contributed by atoms with Crippen molar-refractivity contribution in [3.05, 3.63) is 30.3 Å². The van der Waals surface area contributed by atoms with E-state index in [1.165, 1.54) is 5.01 Å². The number of benzene rings is 1. The van der Waals surface area contributed by atoms with Crippen LogP contribution < -0.4 is 5.01 Å². The molecule has 16 heavy (non-hydrogen) atoms. The molecule has 0 bridgehead atoms. The minimum absolute atomic E-state index is 0.0230. The first-order valence-corrected chi connectivity index (χ1v) is 5.74. The van der Waals surface area contributed by atoms with Crippen LogP contribution in [0.25, 0.3) is 0 Å². The zero-order valence-electron chi connectivity index (χ0n) is 9.68. The van der Waals surface area contributed by atoms with Crippen molar-refractivity contribution in [3.8, 4) is 0 Å². The Labute approximate surface area is 95.8 Å². The van der Waals surface area contributed by atoms with E-state index in [0.29, 0.717) is 0 Å². The van der Waals surface area contributed by atoms with E-state index in [9.17, 15) is 4.79 Å². The molecule has 84 valence electrons. The Morgan fingerprint density at radius 2 is 1.94 bits per heavy atom. The van der Waals surface area contributed by atoms with Gasteiger partial charge in [0.2, 0.25) is 0 Å². The van der Waals surface area contributed by atoms with E-state index in [4.69, 9.17) is 0 Å². The summed E-state index contributed by atoms with van der Waals surface area (Å²) in [6, 6.07) is 9.59. The summed E-state index contributed by atoms with van der Waals surface area (Å²) in [7, 11) is 0. The molecule has 1 unspecified atom stereocenters. The predicted molar refractivity (Wildman–Crippen MR) is 65.4 cm³/mol. The van der Waals surface area contributed by atoms with Crippen molar-refractivity contribution in [2.24, 2.45) is 11.0 Å². The summed E-state index contributed by atoms with van der Waals surface area (Å²) >= 11 is 0. The van der Waals surface area contributed by atoms with Crippen LogP contribution >= 0.6 is 0 Å².